The molecule has 1 unspecified atom stereocenters. The van der Waals surface area contributed by atoms with Crippen molar-refractivity contribution in [2.24, 2.45) is 5.73 Å². The van der Waals surface area contributed by atoms with Crippen molar-refractivity contribution in [3.63, 3.8) is 0 Å². The van der Waals surface area contributed by atoms with E-state index in [9.17, 15) is 4.79 Å². The number of hydrogen-bond donors (Lipinski definition) is 2. The van der Waals surface area contributed by atoms with Gasteiger partial charge in [-0.25, -0.2) is 9.97 Å². The van der Waals surface area contributed by atoms with E-state index in [1.807, 2.05) is 30.3 Å². The Balaban J connectivity index is 2.03. The number of rotatable bonds is 4. The lowest BCUT2D eigenvalue weighted by atomic mass is 10.0. The predicted octanol–water partition coefficient (Wildman–Crippen LogP) is 2.81. The van der Waals surface area contributed by atoms with Gasteiger partial charge in [0.25, 0.3) is 0 Å². The van der Waals surface area contributed by atoms with Crippen molar-refractivity contribution in [2.45, 2.75) is 12.5 Å². The maximum Gasteiger partial charge on any atom is 0.226 e. The fraction of sp³-hybridized carbons (Fsp3) is 0.154. The average molecular weight is 311 g/mol. The van der Waals surface area contributed by atoms with E-state index in [-0.39, 0.29) is 28.3 Å². The summed E-state index contributed by atoms with van der Waals surface area (Å²) < 4.78 is 0. The minimum absolute atomic E-state index is 0.0895. The fourth-order valence-electron chi connectivity index (χ4n) is 1.66. The van der Waals surface area contributed by atoms with Crippen molar-refractivity contribution in [3.8, 4) is 0 Å². The summed E-state index contributed by atoms with van der Waals surface area (Å²) in [7, 11) is 0. The minimum Gasteiger partial charge on any atom is -0.324 e. The summed E-state index contributed by atoms with van der Waals surface area (Å²) in [6.45, 7) is 0. The van der Waals surface area contributed by atoms with Crippen LogP contribution in [0.1, 0.15) is 18.0 Å². The first-order valence-electron chi connectivity index (χ1n) is 5.84. The first kappa shape index (κ1) is 14.7. The van der Waals surface area contributed by atoms with Crippen LogP contribution in [-0.4, -0.2) is 15.9 Å². The molecule has 7 heteroatoms. The topological polar surface area (TPSA) is 80.9 Å². The van der Waals surface area contributed by atoms with Gasteiger partial charge in [-0.3, -0.25) is 4.79 Å². The molecule has 0 radical (unpaired) electrons. The van der Waals surface area contributed by atoms with Crippen LogP contribution in [0.3, 0.4) is 0 Å². The Labute approximate surface area is 126 Å². The highest BCUT2D eigenvalue weighted by Crippen LogP contribution is 2.26. The van der Waals surface area contributed by atoms with Crippen LogP contribution >= 0.6 is 23.2 Å². The molecular weight excluding hydrogens is 299 g/mol. The number of carbonyl (C=O) groups is 1. The number of aromatic nitrogens is 2. The van der Waals surface area contributed by atoms with Gasteiger partial charge in [0, 0.05) is 12.5 Å². The number of hydrogen-bond acceptors (Lipinski definition) is 4. The number of benzene rings is 1. The Bertz CT molecular complexity index is 586. The summed E-state index contributed by atoms with van der Waals surface area (Å²) in [4.78, 5) is 19.4. The predicted molar refractivity (Wildman–Crippen MR) is 78.7 cm³/mol. The van der Waals surface area contributed by atoms with Crippen LogP contribution in [0.2, 0.25) is 10.3 Å². The van der Waals surface area contributed by atoms with E-state index in [4.69, 9.17) is 28.9 Å². The van der Waals surface area contributed by atoms with E-state index < -0.39 is 6.04 Å². The van der Waals surface area contributed by atoms with Gasteiger partial charge in [0.15, 0.2) is 10.3 Å². The lowest BCUT2D eigenvalue weighted by Crippen LogP contribution is -2.21. The van der Waals surface area contributed by atoms with E-state index in [1.165, 1.54) is 6.33 Å². The number of nitrogens with two attached hydrogens (primary N) is 1. The average Bonchev–Trinajstić information content (AvgIpc) is 2.44. The van der Waals surface area contributed by atoms with Crippen LogP contribution < -0.4 is 11.1 Å². The molecule has 0 fully saturated rings. The number of nitrogens with zero attached hydrogens (tertiary/aromatic N) is 2. The second kappa shape index (κ2) is 6.65. The van der Waals surface area contributed by atoms with E-state index in [2.05, 4.69) is 15.3 Å². The molecule has 0 bridgehead atoms. The van der Waals surface area contributed by atoms with Gasteiger partial charge in [-0.15, -0.1) is 0 Å². The summed E-state index contributed by atoms with van der Waals surface area (Å²) in [5.74, 6) is -0.306. The van der Waals surface area contributed by atoms with E-state index in [0.29, 0.717) is 0 Å². The maximum atomic E-state index is 11.9. The monoisotopic (exact) mass is 310 g/mol. The summed E-state index contributed by atoms with van der Waals surface area (Å²) in [5, 5.41) is 2.75. The van der Waals surface area contributed by atoms with Crippen molar-refractivity contribution >= 4 is 34.8 Å². The smallest absolute Gasteiger partial charge is 0.226 e. The number of anilines is 1. The molecule has 0 aliphatic rings. The van der Waals surface area contributed by atoms with Gasteiger partial charge >= 0.3 is 0 Å². The molecule has 1 heterocycles. The van der Waals surface area contributed by atoms with Crippen LogP contribution in [0.4, 0.5) is 5.69 Å². The zero-order valence-electron chi connectivity index (χ0n) is 10.4. The van der Waals surface area contributed by atoms with Crippen LogP contribution in [0.25, 0.3) is 0 Å². The zero-order chi connectivity index (χ0) is 14.5. The molecular formula is C13H12Cl2N4O. The highest BCUT2D eigenvalue weighted by atomic mass is 35.5. The normalized spacial score (nSPS) is 11.9. The van der Waals surface area contributed by atoms with E-state index in [1.54, 1.807) is 0 Å². The lowest BCUT2D eigenvalue weighted by Gasteiger charge is -2.12. The third-order valence-corrected chi connectivity index (χ3v) is 3.23. The largest absolute Gasteiger partial charge is 0.324 e. The third-order valence-electron chi connectivity index (χ3n) is 2.65. The number of nitrogens with one attached hydrogen (secondary N) is 1. The standard InChI is InChI=1S/C13H12Cl2N4O/c14-12-11(13(15)18-7-17-12)19-10(20)6-9(16)8-4-2-1-3-5-8/h1-5,7,9H,6,16H2,(H,19,20). The summed E-state index contributed by atoms with van der Waals surface area (Å²) >= 11 is 11.7. The molecule has 5 nitrogen and oxygen atoms in total. The Morgan fingerprint density at radius 1 is 1.20 bits per heavy atom. The minimum atomic E-state index is -0.404. The number of carbonyl (C=O) groups excluding carboxylic acids is 1. The second-order valence-corrected chi connectivity index (χ2v) is 4.82. The summed E-state index contributed by atoms with van der Waals surface area (Å²) in [6, 6.07) is 8.94. The molecule has 0 aliphatic carbocycles. The molecule has 1 atom stereocenters. The molecule has 104 valence electrons. The molecule has 1 amide bonds. The number of halogens is 2. The molecule has 2 aromatic rings. The maximum absolute atomic E-state index is 11.9. The van der Waals surface area contributed by atoms with Gasteiger partial charge < -0.3 is 11.1 Å². The Kier molecular flexibility index (Phi) is 4.89. The van der Waals surface area contributed by atoms with Crippen molar-refractivity contribution in [3.05, 3.63) is 52.5 Å². The van der Waals surface area contributed by atoms with Crippen LogP contribution in [0, 0.1) is 0 Å². The molecule has 0 spiro atoms. The molecule has 3 N–H and O–H groups in total. The quantitative estimate of drug-likeness (QED) is 0.851. The van der Waals surface area contributed by atoms with Gasteiger partial charge in [-0.2, -0.15) is 0 Å². The third kappa shape index (κ3) is 3.66. The molecule has 0 aliphatic heterocycles. The number of amides is 1. The second-order valence-electron chi connectivity index (χ2n) is 4.10. The van der Waals surface area contributed by atoms with Gasteiger partial charge in [0.1, 0.15) is 12.0 Å². The van der Waals surface area contributed by atoms with Gasteiger partial charge in [-0.1, -0.05) is 53.5 Å². The molecule has 1 aromatic carbocycles. The highest BCUT2D eigenvalue weighted by molar-refractivity contribution is 6.38. The SMILES string of the molecule is NC(CC(=O)Nc1c(Cl)ncnc1Cl)c1ccccc1. The van der Waals surface area contributed by atoms with Gasteiger partial charge in [0.2, 0.25) is 5.91 Å². The first-order valence-corrected chi connectivity index (χ1v) is 6.60. The Morgan fingerprint density at radius 2 is 1.80 bits per heavy atom. The van der Waals surface area contributed by atoms with Crippen LogP contribution in [0.5, 0.6) is 0 Å². The Hall–Kier alpha value is -1.69. The van der Waals surface area contributed by atoms with Crippen molar-refractivity contribution in [1.29, 1.82) is 0 Å². The van der Waals surface area contributed by atoms with Crippen LogP contribution in [-0.2, 0) is 4.79 Å². The molecule has 20 heavy (non-hydrogen) atoms. The van der Waals surface area contributed by atoms with E-state index in [0.717, 1.165) is 5.56 Å². The zero-order valence-corrected chi connectivity index (χ0v) is 11.9. The Morgan fingerprint density at radius 3 is 2.40 bits per heavy atom. The summed E-state index contributed by atoms with van der Waals surface area (Å²) in [5.41, 5.74) is 7.04. The van der Waals surface area contributed by atoms with Gasteiger partial charge in [-0.05, 0) is 5.56 Å². The molecule has 0 saturated heterocycles. The molecule has 0 saturated carbocycles. The lowest BCUT2D eigenvalue weighted by molar-refractivity contribution is -0.116. The van der Waals surface area contributed by atoms with Crippen LogP contribution in [0.15, 0.2) is 36.7 Å². The van der Waals surface area contributed by atoms with E-state index >= 15 is 0 Å². The van der Waals surface area contributed by atoms with Crippen molar-refractivity contribution < 1.29 is 4.79 Å². The fourth-order valence-corrected chi connectivity index (χ4v) is 2.07. The first-order chi connectivity index (χ1) is 9.58. The molecule has 2 rings (SSSR count). The molecule has 1 aromatic heterocycles. The van der Waals surface area contributed by atoms with Crippen molar-refractivity contribution in [1.82, 2.24) is 9.97 Å². The summed E-state index contributed by atoms with van der Waals surface area (Å²) in [6.07, 6.45) is 1.32. The van der Waals surface area contributed by atoms with Crippen molar-refractivity contribution in [2.75, 3.05) is 5.32 Å². The highest BCUT2D eigenvalue weighted by Gasteiger charge is 2.15. The van der Waals surface area contributed by atoms with Gasteiger partial charge in [0.05, 0.1) is 0 Å².